The van der Waals surface area contributed by atoms with Gasteiger partial charge in [0.1, 0.15) is 12.4 Å². The summed E-state index contributed by atoms with van der Waals surface area (Å²) in [6.45, 7) is 9.92. The van der Waals surface area contributed by atoms with Crippen molar-refractivity contribution in [3.05, 3.63) is 60.7 Å². The number of nitrogens with one attached hydrogen (secondary N) is 3. The van der Waals surface area contributed by atoms with Crippen LogP contribution >= 0.6 is 0 Å². The second-order valence-electron chi connectivity index (χ2n) is 6.90. The van der Waals surface area contributed by atoms with Crippen LogP contribution in [-0.4, -0.2) is 25.0 Å². The lowest BCUT2D eigenvalue weighted by molar-refractivity contribution is -0.119. The van der Waals surface area contributed by atoms with E-state index in [2.05, 4.69) is 22.5 Å². The predicted molar refractivity (Wildman–Crippen MR) is 114 cm³/mol. The molecule has 148 valence electrons. The van der Waals surface area contributed by atoms with Crippen LogP contribution in [0.4, 0.5) is 17.1 Å². The maximum atomic E-state index is 12.2. The molecular formula is C22H27N3O3. The number of hydrogen-bond donors (Lipinski definition) is 3. The molecule has 0 aliphatic rings. The molecule has 6 nitrogen and oxygen atoms in total. The number of hydrogen-bond acceptors (Lipinski definition) is 4. The lowest BCUT2D eigenvalue weighted by Gasteiger charge is -2.11. The van der Waals surface area contributed by atoms with Crippen molar-refractivity contribution in [1.29, 1.82) is 0 Å². The topological polar surface area (TPSA) is 79.5 Å². The van der Waals surface area contributed by atoms with Crippen molar-refractivity contribution < 1.29 is 14.3 Å². The Labute approximate surface area is 166 Å². The largest absolute Gasteiger partial charge is 0.489 e. The summed E-state index contributed by atoms with van der Waals surface area (Å²) in [5, 5.41) is 8.71. The van der Waals surface area contributed by atoms with Crippen molar-refractivity contribution >= 4 is 28.9 Å². The Kier molecular flexibility index (Phi) is 7.63. The minimum atomic E-state index is -0.172. The van der Waals surface area contributed by atoms with Gasteiger partial charge in [-0.15, -0.1) is 0 Å². The maximum absolute atomic E-state index is 12.2. The van der Waals surface area contributed by atoms with Gasteiger partial charge in [0.15, 0.2) is 0 Å². The van der Waals surface area contributed by atoms with E-state index in [9.17, 15) is 9.59 Å². The van der Waals surface area contributed by atoms with Crippen molar-refractivity contribution in [2.75, 3.05) is 29.1 Å². The Hall–Kier alpha value is -3.28. The smallest absolute Gasteiger partial charge is 0.243 e. The fraction of sp³-hybridized carbons (Fsp3) is 0.273. The van der Waals surface area contributed by atoms with Gasteiger partial charge in [0.2, 0.25) is 11.8 Å². The summed E-state index contributed by atoms with van der Waals surface area (Å²) in [6, 6.07) is 14.4. The molecule has 0 heterocycles. The van der Waals surface area contributed by atoms with Gasteiger partial charge >= 0.3 is 0 Å². The molecule has 0 spiro atoms. The second-order valence-corrected chi connectivity index (χ2v) is 6.90. The molecule has 0 aliphatic carbocycles. The molecule has 3 N–H and O–H groups in total. The molecule has 2 aromatic rings. The van der Waals surface area contributed by atoms with Crippen molar-refractivity contribution in [3.63, 3.8) is 0 Å². The average Bonchev–Trinajstić information content (AvgIpc) is 2.66. The Bertz CT molecular complexity index is 829. The van der Waals surface area contributed by atoms with Crippen LogP contribution in [0.2, 0.25) is 0 Å². The summed E-state index contributed by atoms with van der Waals surface area (Å²) in [7, 11) is 0. The first kappa shape index (κ1) is 21.0. The van der Waals surface area contributed by atoms with Crippen LogP contribution in [-0.2, 0) is 9.59 Å². The molecule has 2 rings (SSSR count). The molecule has 6 heteroatoms. The van der Waals surface area contributed by atoms with Crippen LogP contribution in [0, 0.1) is 5.92 Å². The first-order valence-electron chi connectivity index (χ1n) is 9.15. The van der Waals surface area contributed by atoms with Crippen LogP contribution in [0.15, 0.2) is 60.7 Å². The number of anilines is 3. The zero-order chi connectivity index (χ0) is 20.5. The fourth-order valence-electron chi connectivity index (χ4n) is 2.22. The standard InChI is InChI=1S/C22H27N3O3/c1-15(2)14-28-20-7-5-6-19(12-20)24-21(26)13-23-17-8-10-18(11-9-17)25-22(27)16(3)4/h5-12,16,23H,1,13-14H2,2-4H3,(H,24,26)(H,25,27). The SMILES string of the molecule is C=C(C)COc1cccc(NC(=O)CNc2ccc(NC(=O)C(C)C)cc2)c1. The summed E-state index contributed by atoms with van der Waals surface area (Å²) < 4.78 is 5.58. The normalized spacial score (nSPS) is 10.3. The van der Waals surface area contributed by atoms with E-state index in [0.29, 0.717) is 18.0 Å². The summed E-state index contributed by atoms with van der Waals surface area (Å²) >= 11 is 0. The fourth-order valence-corrected chi connectivity index (χ4v) is 2.22. The first-order chi connectivity index (χ1) is 13.3. The van der Waals surface area contributed by atoms with E-state index in [1.807, 2.05) is 45.0 Å². The molecule has 0 fully saturated rings. The van der Waals surface area contributed by atoms with Crippen molar-refractivity contribution in [3.8, 4) is 5.75 Å². The first-order valence-corrected chi connectivity index (χ1v) is 9.15. The molecule has 0 unspecified atom stereocenters. The number of amides is 2. The lowest BCUT2D eigenvalue weighted by atomic mass is 10.2. The zero-order valence-corrected chi connectivity index (χ0v) is 16.5. The monoisotopic (exact) mass is 381 g/mol. The van der Waals surface area contributed by atoms with Crippen LogP contribution in [0.25, 0.3) is 0 Å². The van der Waals surface area contributed by atoms with Crippen LogP contribution < -0.4 is 20.7 Å². The van der Waals surface area contributed by atoms with Gasteiger partial charge in [0.25, 0.3) is 0 Å². The van der Waals surface area contributed by atoms with E-state index in [1.165, 1.54) is 0 Å². The Balaban J connectivity index is 1.83. The highest BCUT2D eigenvalue weighted by molar-refractivity contribution is 5.94. The number of carbonyl (C=O) groups excluding carboxylic acids is 2. The van der Waals surface area contributed by atoms with Crippen LogP contribution in [0.1, 0.15) is 20.8 Å². The minimum absolute atomic E-state index is 0.0328. The average molecular weight is 381 g/mol. The van der Waals surface area contributed by atoms with Gasteiger partial charge < -0.3 is 20.7 Å². The van der Waals surface area contributed by atoms with Gasteiger partial charge in [-0.05, 0) is 48.9 Å². The number of benzene rings is 2. The number of carbonyl (C=O) groups is 2. The van der Waals surface area contributed by atoms with E-state index in [-0.39, 0.29) is 24.3 Å². The molecule has 0 aromatic heterocycles. The summed E-state index contributed by atoms with van der Waals surface area (Å²) in [5.74, 6) is 0.391. The molecule has 0 aliphatic heterocycles. The van der Waals surface area contributed by atoms with Gasteiger partial charge in [-0.2, -0.15) is 0 Å². The van der Waals surface area contributed by atoms with E-state index in [4.69, 9.17) is 4.74 Å². The van der Waals surface area contributed by atoms with Crippen molar-refractivity contribution in [1.82, 2.24) is 0 Å². The molecule has 28 heavy (non-hydrogen) atoms. The minimum Gasteiger partial charge on any atom is -0.489 e. The van der Waals surface area contributed by atoms with E-state index >= 15 is 0 Å². The Morgan fingerprint density at radius 1 is 1.00 bits per heavy atom. The van der Waals surface area contributed by atoms with Gasteiger partial charge in [-0.25, -0.2) is 0 Å². The second kappa shape index (κ2) is 10.2. The molecule has 0 atom stereocenters. The molecular weight excluding hydrogens is 354 g/mol. The van der Waals surface area contributed by atoms with Crippen molar-refractivity contribution in [2.24, 2.45) is 5.92 Å². The molecule has 0 saturated heterocycles. The van der Waals surface area contributed by atoms with Gasteiger partial charge in [0, 0.05) is 29.0 Å². The summed E-state index contributed by atoms with van der Waals surface area (Å²) in [4.78, 5) is 23.9. The van der Waals surface area contributed by atoms with E-state index < -0.39 is 0 Å². The quantitative estimate of drug-likeness (QED) is 0.566. The van der Waals surface area contributed by atoms with Crippen molar-refractivity contribution in [2.45, 2.75) is 20.8 Å². The third-order valence-electron chi connectivity index (χ3n) is 3.73. The molecule has 0 bridgehead atoms. The predicted octanol–water partition coefficient (Wildman–Crippen LogP) is 4.29. The molecule has 0 saturated carbocycles. The molecule has 2 amide bonds. The zero-order valence-electron chi connectivity index (χ0n) is 16.5. The third-order valence-corrected chi connectivity index (χ3v) is 3.73. The lowest BCUT2D eigenvalue weighted by Crippen LogP contribution is -2.21. The Morgan fingerprint density at radius 2 is 1.68 bits per heavy atom. The highest BCUT2D eigenvalue weighted by atomic mass is 16.5. The maximum Gasteiger partial charge on any atom is 0.243 e. The summed E-state index contributed by atoms with van der Waals surface area (Å²) in [6.07, 6.45) is 0. The van der Waals surface area contributed by atoms with Gasteiger partial charge in [-0.1, -0.05) is 26.5 Å². The number of rotatable bonds is 9. The van der Waals surface area contributed by atoms with Gasteiger partial charge in [-0.3, -0.25) is 9.59 Å². The Morgan fingerprint density at radius 3 is 2.32 bits per heavy atom. The molecule has 2 aromatic carbocycles. The third kappa shape index (κ3) is 7.15. The van der Waals surface area contributed by atoms with Crippen LogP contribution in [0.5, 0.6) is 5.75 Å². The van der Waals surface area contributed by atoms with Gasteiger partial charge in [0.05, 0.1) is 6.54 Å². The van der Waals surface area contributed by atoms with Crippen LogP contribution in [0.3, 0.4) is 0 Å². The summed E-state index contributed by atoms with van der Waals surface area (Å²) in [5.41, 5.74) is 3.10. The highest BCUT2D eigenvalue weighted by Crippen LogP contribution is 2.18. The highest BCUT2D eigenvalue weighted by Gasteiger charge is 2.07. The molecule has 0 radical (unpaired) electrons. The number of ether oxygens (including phenoxy) is 1. The van der Waals surface area contributed by atoms with E-state index in [1.54, 1.807) is 24.3 Å². The van der Waals surface area contributed by atoms with E-state index in [0.717, 1.165) is 16.9 Å².